The first-order valence-electron chi connectivity index (χ1n) is 12.3. The third-order valence-electron chi connectivity index (χ3n) is 7.15. The lowest BCUT2D eigenvalue weighted by Gasteiger charge is -2.36. The van der Waals surface area contributed by atoms with Crippen molar-refractivity contribution in [1.29, 1.82) is 0 Å². The smallest absolute Gasteiger partial charge is 0.256 e. The number of rotatable bonds is 3. The maximum absolute atomic E-state index is 13.5. The normalized spacial score (nSPS) is 20.3. The summed E-state index contributed by atoms with van der Waals surface area (Å²) < 4.78 is 2.22. The Kier molecular flexibility index (Phi) is 6.13. The highest BCUT2D eigenvalue weighted by atomic mass is 16.2. The van der Waals surface area contributed by atoms with Gasteiger partial charge in [0.25, 0.3) is 5.91 Å². The summed E-state index contributed by atoms with van der Waals surface area (Å²) in [5.74, 6) is 1.33. The van der Waals surface area contributed by atoms with Crippen molar-refractivity contribution in [2.75, 3.05) is 45.8 Å². The average Bonchev–Trinajstić information content (AvgIpc) is 2.99. The number of aromatic nitrogens is 3. The number of carbonyl (C=O) groups is 2. The van der Waals surface area contributed by atoms with Crippen LogP contribution in [0.15, 0.2) is 6.07 Å². The minimum absolute atomic E-state index is 0.0377. The van der Waals surface area contributed by atoms with E-state index in [9.17, 15) is 9.59 Å². The number of hydrogen-bond donors (Lipinski definition) is 0. The van der Waals surface area contributed by atoms with Gasteiger partial charge in [0.2, 0.25) is 5.91 Å². The molecule has 2 amide bonds. The summed E-state index contributed by atoms with van der Waals surface area (Å²) in [7, 11) is 0. The monoisotopic (exact) mass is 438 g/mol. The molecule has 2 saturated heterocycles. The van der Waals surface area contributed by atoms with Crippen LogP contribution in [0.3, 0.4) is 0 Å². The van der Waals surface area contributed by atoms with Crippen LogP contribution < -0.4 is 0 Å². The zero-order valence-electron chi connectivity index (χ0n) is 19.2. The number of nitrogens with zero attached hydrogens (tertiary/aromatic N) is 6. The van der Waals surface area contributed by atoms with Crippen LogP contribution in [-0.2, 0) is 17.8 Å². The number of amides is 2. The van der Waals surface area contributed by atoms with Crippen LogP contribution in [0, 0.1) is 6.92 Å². The van der Waals surface area contributed by atoms with Gasteiger partial charge in [-0.3, -0.25) is 14.5 Å². The van der Waals surface area contributed by atoms with Crippen LogP contribution in [0.1, 0.15) is 60.4 Å². The first-order chi connectivity index (χ1) is 15.6. The van der Waals surface area contributed by atoms with Crippen molar-refractivity contribution in [3.8, 4) is 0 Å². The lowest BCUT2D eigenvalue weighted by molar-refractivity contribution is -0.133. The molecule has 0 spiro atoms. The molecule has 32 heavy (non-hydrogen) atoms. The van der Waals surface area contributed by atoms with Gasteiger partial charge in [-0.15, -0.1) is 0 Å². The average molecular weight is 439 g/mol. The number of pyridine rings is 1. The van der Waals surface area contributed by atoms with E-state index < -0.39 is 0 Å². The van der Waals surface area contributed by atoms with Crippen molar-refractivity contribution in [3.63, 3.8) is 0 Å². The molecule has 3 aliphatic heterocycles. The van der Waals surface area contributed by atoms with Gasteiger partial charge in [-0.2, -0.15) is 0 Å². The van der Waals surface area contributed by atoms with Gasteiger partial charge < -0.3 is 14.4 Å². The van der Waals surface area contributed by atoms with Gasteiger partial charge in [0.15, 0.2) is 5.65 Å². The van der Waals surface area contributed by atoms with Crippen molar-refractivity contribution < 1.29 is 9.59 Å². The van der Waals surface area contributed by atoms with Crippen LogP contribution in [-0.4, -0.2) is 86.9 Å². The zero-order valence-corrected chi connectivity index (χ0v) is 19.2. The van der Waals surface area contributed by atoms with E-state index in [-0.39, 0.29) is 11.8 Å². The third-order valence-corrected chi connectivity index (χ3v) is 7.15. The number of likely N-dealkylation sites (tertiary alicyclic amines) is 1. The summed E-state index contributed by atoms with van der Waals surface area (Å²) in [5, 5.41) is 0. The van der Waals surface area contributed by atoms with E-state index in [0.717, 1.165) is 87.5 Å². The summed E-state index contributed by atoms with van der Waals surface area (Å²) in [5.41, 5.74) is 3.14. The summed E-state index contributed by atoms with van der Waals surface area (Å²) in [6.45, 7) is 7.89. The Morgan fingerprint density at radius 3 is 2.34 bits per heavy atom. The van der Waals surface area contributed by atoms with E-state index >= 15 is 0 Å². The molecule has 0 saturated carbocycles. The number of aryl methyl sites for hydroxylation is 3. The molecule has 2 fully saturated rings. The molecule has 3 aliphatic rings. The Labute approximate surface area is 189 Å². The molecule has 2 aromatic heterocycles. The summed E-state index contributed by atoms with van der Waals surface area (Å²) in [6, 6.07) is 1.89. The lowest BCUT2D eigenvalue weighted by atomic mass is 10.1. The highest BCUT2D eigenvalue weighted by molar-refractivity contribution is 6.04. The van der Waals surface area contributed by atoms with E-state index in [1.54, 1.807) is 0 Å². The fourth-order valence-corrected chi connectivity index (χ4v) is 5.29. The van der Waals surface area contributed by atoms with Gasteiger partial charge in [0, 0.05) is 57.9 Å². The maximum atomic E-state index is 13.5. The molecule has 8 heteroatoms. The molecule has 8 nitrogen and oxygen atoms in total. The van der Waals surface area contributed by atoms with Crippen LogP contribution in [0.25, 0.3) is 11.2 Å². The first-order valence-corrected chi connectivity index (χ1v) is 12.3. The molecular formula is C24H34N6O2. The molecule has 0 atom stereocenters. The Morgan fingerprint density at radius 2 is 1.56 bits per heavy atom. The Bertz CT molecular complexity index is 1000. The van der Waals surface area contributed by atoms with E-state index in [0.29, 0.717) is 25.2 Å². The second-order valence-electron chi connectivity index (χ2n) is 9.48. The number of piperidine rings is 1. The van der Waals surface area contributed by atoms with Gasteiger partial charge in [0.05, 0.1) is 12.1 Å². The Hall–Kier alpha value is -2.48. The zero-order chi connectivity index (χ0) is 22.1. The fourth-order valence-electron chi connectivity index (χ4n) is 5.29. The lowest BCUT2D eigenvalue weighted by Crippen LogP contribution is -2.52. The van der Waals surface area contributed by atoms with Gasteiger partial charge in [0.1, 0.15) is 11.3 Å². The highest BCUT2D eigenvalue weighted by Gasteiger charge is 2.28. The quantitative estimate of drug-likeness (QED) is 0.735. The van der Waals surface area contributed by atoms with Gasteiger partial charge in [-0.25, -0.2) is 9.97 Å². The largest absolute Gasteiger partial charge is 0.342 e. The topological polar surface area (TPSA) is 74.6 Å². The second kappa shape index (κ2) is 9.17. The molecule has 0 aliphatic carbocycles. The number of imidazole rings is 1. The number of fused-ring (bicyclic) bond motifs is 3. The summed E-state index contributed by atoms with van der Waals surface area (Å²) >= 11 is 0. The summed E-state index contributed by atoms with van der Waals surface area (Å²) in [6.07, 6.45) is 7.90. The first kappa shape index (κ1) is 21.4. The second-order valence-corrected chi connectivity index (χ2v) is 9.48. The predicted molar refractivity (Wildman–Crippen MR) is 123 cm³/mol. The van der Waals surface area contributed by atoms with Gasteiger partial charge in [-0.05, 0) is 45.1 Å². The van der Waals surface area contributed by atoms with Crippen molar-refractivity contribution in [2.24, 2.45) is 0 Å². The van der Waals surface area contributed by atoms with Crippen molar-refractivity contribution in [3.05, 3.63) is 23.1 Å². The van der Waals surface area contributed by atoms with Crippen LogP contribution >= 0.6 is 0 Å². The maximum Gasteiger partial charge on any atom is 0.256 e. The van der Waals surface area contributed by atoms with Crippen LogP contribution in [0.2, 0.25) is 0 Å². The molecule has 0 unspecified atom stereocenters. The third kappa shape index (κ3) is 4.25. The van der Waals surface area contributed by atoms with Crippen molar-refractivity contribution in [2.45, 2.75) is 58.4 Å². The molecule has 2 aromatic rings. The van der Waals surface area contributed by atoms with Gasteiger partial charge >= 0.3 is 0 Å². The molecule has 0 N–H and O–H groups in total. The van der Waals surface area contributed by atoms with Crippen molar-refractivity contribution >= 4 is 23.0 Å². The minimum Gasteiger partial charge on any atom is -0.342 e. The number of carbonyl (C=O) groups excluding carboxylic acids is 2. The Balaban J connectivity index is 1.27. The number of hydrogen-bond acceptors (Lipinski definition) is 5. The Morgan fingerprint density at radius 1 is 0.844 bits per heavy atom. The SMILES string of the molecule is Cc1cc(C(=O)N2CCN(CC(=O)N3CCCCC3)CC2)c2nc3n(c2n1)CCCCC3. The molecule has 172 valence electrons. The van der Waals surface area contributed by atoms with Crippen molar-refractivity contribution in [1.82, 2.24) is 29.2 Å². The van der Waals surface area contributed by atoms with E-state index in [1.807, 2.05) is 22.8 Å². The minimum atomic E-state index is 0.0377. The standard InChI is InChI=1S/C24H34N6O2/c1-18-16-19(22-23(25-18)30-11-7-2-4-8-20(30)26-22)24(32)29-14-12-27(13-15-29)17-21(31)28-9-5-3-6-10-28/h16H,2-15,17H2,1H3. The molecular weight excluding hydrogens is 404 g/mol. The predicted octanol–water partition coefficient (Wildman–Crippen LogP) is 2.24. The van der Waals surface area contributed by atoms with E-state index in [1.165, 1.54) is 12.8 Å². The number of piperazine rings is 1. The molecule has 5 heterocycles. The highest BCUT2D eigenvalue weighted by Crippen LogP contribution is 2.25. The molecule has 0 radical (unpaired) electrons. The van der Waals surface area contributed by atoms with Gasteiger partial charge in [-0.1, -0.05) is 6.42 Å². The molecule has 0 bridgehead atoms. The fraction of sp³-hybridized carbons (Fsp3) is 0.667. The van der Waals surface area contributed by atoms with Crippen LogP contribution in [0.5, 0.6) is 0 Å². The van der Waals surface area contributed by atoms with E-state index in [4.69, 9.17) is 9.97 Å². The summed E-state index contributed by atoms with van der Waals surface area (Å²) in [4.78, 5) is 41.8. The molecule has 5 rings (SSSR count). The van der Waals surface area contributed by atoms with E-state index in [2.05, 4.69) is 9.47 Å². The molecule has 0 aromatic carbocycles. The van der Waals surface area contributed by atoms with Crippen LogP contribution in [0.4, 0.5) is 0 Å².